The Labute approximate surface area is 159 Å². The van der Waals surface area contributed by atoms with Crippen LogP contribution < -0.4 is 5.32 Å². The van der Waals surface area contributed by atoms with E-state index in [2.05, 4.69) is 23.3 Å². The lowest BCUT2D eigenvalue weighted by Gasteiger charge is -2.15. The Balaban J connectivity index is 1.87. The number of carbonyl (C=O) groups is 1. The number of aryl methyl sites for hydroxylation is 3. The molecule has 136 valence electrons. The molecule has 0 aliphatic heterocycles. The van der Waals surface area contributed by atoms with Crippen LogP contribution in [0.5, 0.6) is 0 Å². The van der Waals surface area contributed by atoms with E-state index < -0.39 is 0 Å². The van der Waals surface area contributed by atoms with Gasteiger partial charge >= 0.3 is 0 Å². The van der Waals surface area contributed by atoms with Gasteiger partial charge in [0.2, 0.25) is 0 Å². The summed E-state index contributed by atoms with van der Waals surface area (Å²) in [6.45, 7) is 7.97. The zero-order chi connectivity index (χ0) is 19.6. The number of benzene rings is 2. The van der Waals surface area contributed by atoms with Gasteiger partial charge in [-0.2, -0.15) is 5.26 Å². The van der Waals surface area contributed by atoms with Crippen molar-refractivity contribution in [3.8, 4) is 6.07 Å². The standard InChI is InChI=1S/C23H23N3O/c1-14-9-10-18(11-15(14)2)16(3)26-23(27)19(13-24)12-21-17(4)25-22-8-6-5-7-20(21)22/h5-12,16,25H,1-4H3,(H,26,27)/b19-12-. The van der Waals surface area contributed by atoms with Gasteiger partial charge < -0.3 is 10.3 Å². The van der Waals surface area contributed by atoms with Gasteiger partial charge in [-0.25, -0.2) is 0 Å². The fourth-order valence-corrected chi connectivity index (χ4v) is 3.17. The molecule has 3 rings (SSSR count). The average Bonchev–Trinajstić information content (AvgIpc) is 2.96. The lowest BCUT2D eigenvalue weighted by molar-refractivity contribution is -0.117. The molecule has 4 heteroatoms. The summed E-state index contributed by atoms with van der Waals surface area (Å²) in [6, 6.07) is 15.8. The third kappa shape index (κ3) is 3.78. The summed E-state index contributed by atoms with van der Waals surface area (Å²) in [5.74, 6) is -0.368. The molecule has 1 heterocycles. The molecule has 0 bridgehead atoms. The molecule has 0 spiro atoms. The number of H-pyrrole nitrogens is 1. The predicted molar refractivity (Wildman–Crippen MR) is 109 cm³/mol. The van der Waals surface area contributed by atoms with Crippen LogP contribution in [0, 0.1) is 32.1 Å². The lowest BCUT2D eigenvalue weighted by atomic mass is 10.0. The molecule has 0 aliphatic carbocycles. The van der Waals surface area contributed by atoms with Crippen molar-refractivity contribution in [2.24, 2.45) is 0 Å². The van der Waals surface area contributed by atoms with Crippen LogP contribution in [-0.2, 0) is 4.79 Å². The van der Waals surface area contributed by atoms with E-state index >= 15 is 0 Å². The van der Waals surface area contributed by atoms with E-state index in [1.54, 1.807) is 6.08 Å². The Bertz CT molecular complexity index is 1080. The van der Waals surface area contributed by atoms with Crippen LogP contribution >= 0.6 is 0 Å². The lowest BCUT2D eigenvalue weighted by Crippen LogP contribution is -2.27. The Kier molecular flexibility index (Phi) is 5.14. The molecule has 2 aromatic carbocycles. The Hall–Kier alpha value is -3.32. The van der Waals surface area contributed by atoms with E-state index in [9.17, 15) is 10.1 Å². The van der Waals surface area contributed by atoms with Gasteiger partial charge in [0.25, 0.3) is 5.91 Å². The summed E-state index contributed by atoms with van der Waals surface area (Å²) in [7, 11) is 0. The van der Waals surface area contributed by atoms with Crippen molar-refractivity contribution in [2.45, 2.75) is 33.7 Å². The molecule has 0 fully saturated rings. The first-order valence-corrected chi connectivity index (χ1v) is 8.98. The minimum absolute atomic E-state index is 0.0959. The first-order chi connectivity index (χ1) is 12.9. The number of nitrogens with one attached hydrogen (secondary N) is 2. The number of para-hydroxylation sites is 1. The maximum Gasteiger partial charge on any atom is 0.262 e. The Morgan fingerprint density at radius 1 is 1.15 bits per heavy atom. The van der Waals surface area contributed by atoms with Gasteiger partial charge in [-0.1, -0.05) is 36.4 Å². The quantitative estimate of drug-likeness (QED) is 0.516. The second-order valence-corrected chi connectivity index (χ2v) is 6.92. The maximum atomic E-state index is 12.7. The highest BCUT2D eigenvalue weighted by atomic mass is 16.1. The number of rotatable bonds is 4. The normalized spacial score (nSPS) is 12.6. The van der Waals surface area contributed by atoms with Gasteiger partial charge in [0.1, 0.15) is 11.6 Å². The maximum absolute atomic E-state index is 12.7. The number of hydrogen-bond acceptors (Lipinski definition) is 2. The third-order valence-corrected chi connectivity index (χ3v) is 4.98. The van der Waals surface area contributed by atoms with Crippen LogP contribution in [-0.4, -0.2) is 10.9 Å². The van der Waals surface area contributed by atoms with Crippen LogP contribution in [0.15, 0.2) is 48.0 Å². The summed E-state index contributed by atoms with van der Waals surface area (Å²) >= 11 is 0. The molecular weight excluding hydrogens is 334 g/mol. The van der Waals surface area contributed by atoms with Crippen molar-refractivity contribution >= 4 is 22.9 Å². The van der Waals surface area contributed by atoms with Gasteiger partial charge in [0.15, 0.2) is 0 Å². The molecule has 0 saturated heterocycles. The zero-order valence-corrected chi connectivity index (χ0v) is 16.1. The van der Waals surface area contributed by atoms with Gasteiger partial charge in [0, 0.05) is 22.2 Å². The van der Waals surface area contributed by atoms with Crippen LogP contribution in [0.25, 0.3) is 17.0 Å². The Morgan fingerprint density at radius 2 is 1.89 bits per heavy atom. The number of aromatic nitrogens is 1. The van der Waals surface area contributed by atoms with E-state index in [0.29, 0.717) is 0 Å². The van der Waals surface area contributed by atoms with E-state index in [1.807, 2.05) is 63.2 Å². The highest BCUT2D eigenvalue weighted by Gasteiger charge is 2.16. The van der Waals surface area contributed by atoms with Gasteiger partial charge in [-0.05, 0) is 56.5 Å². The number of hydrogen-bond donors (Lipinski definition) is 2. The van der Waals surface area contributed by atoms with Crippen LogP contribution in [0.3, 0.4) is 0 Å². The SMILES string of the molecule is Cc1ccc(C(C)NC(=O)/C(C#N)=C\c2c(C)[nH]c3ccccc23)cc1C. The molecule has 0 aliphatic rings. The average molecular weight is 357 g/mol. The molecule has 2 N–H and O–H groups in total. The topological polar surface area (TPSA) is 68.7 Å². The van der Waals surface area contributed by atoms with Crippen LogP contribution in [0.2, 0.25) is 0 Å². The van der Waals surface area contributed by atoms with E-state index in [1.165, 1.54) is 11.1 Å². The van der Waals surface area contributed by atoms with Crippen molar-refractivity contribution in [3.63, 3.8) is 0 Å². The van der Waals surface area contributed by atoms with Gasteiger partial charge in [0.05, 0.1) is 6.04 Å². The number of nitrogens with zero attached hydrogens (tertiary/aromatic N) is 1. The fourth-order valence-electron chi connectivity index (χ4n) is 3.17. The van der Waals surface area contributed by atoms with Crippen molar-refractivity contribution in [1.29, 1.82) is 5.26 Å². The Morgan fingerprint density at radius 3 is 2.59 bits per heavy atom. The number of amides is 1. The predicted octanol–water partition coefficient (Wildman–Crippen LogP) is 4.88. The van der Waals surface area contributed by atoms with E-state index in [4.69, 9.17) is 0 Å². The first kappa shape index (κ1) is 18.5. The molecule has 3 aromatic rings. The van der Waals surface area contributed by atoms with Crippen LogP contribution in [0.1, 0.15) is 40.9 Å². The number of carbonyl (C=O) groups excluding carboxylic acids is 1. The second kappa shape index (κ2) is 7.51. The molecule has 27 heavy (non-hydrogen) atoms. The van der Waals surface area contributed by atoms with Crippen molar-refractivity contribution in [2.75, 3.05) is 0 Å². The van der Waals surface area contributed by atoms with E-state index in [-0.39, 0.29) is 17.5 Å². The van der Waals surface area contributed by atoms with Crippen molar-refractivity contribution in [1.82, 2.24) is 10.3 Å². The summed E-state index contributed by atoms with van der Waals surface area (Å²) < 4.78 is 0. The zero-order valence-electron chi connectivity index (χ0n) is 16.1. The number of fused-ring (bicyclic) bond motifs is 1. The third-order valence-electron chi connectivity index (χ3n) is 4.98. The van der Waals surface area contributed by atoms with Crippen molar-refractivity contribution < 1.29 is 4.79 Å². The fraction of sp³-hybridized carbons (Fsp3) is 0.217. The highest BCUT2D eigenvalue weighted by Crippen LogP contribution is 2.24. The summed E-state index contributed by atoms with van der Waals surface area (Å²) in [4.78, 5) is 16.0. The second-order valence-electron chi connectivity index (χ2n) is 6.92. The minimum Gasteiger partial charge on any atom is -0.358 e. The summed E-state index contributed by atoms with van der Waals surface area (Å²) in [5, 5.41) is 13.5. The highest BCUT2D eigenvalue weighted by molar-refractivity contribution is 6.04. The largest absolute Gasteiger partial charge is 0.358 e. The minimum atomic E-state index is -0.368. The molecule has 4 nitrogen and oxygen atoms in total. The molecule has 0 saturated carbocycles. The van der Waals surface area contributed by atoms with Gasteiger partial charge in [-0.15, -0.1) is 0 Å². The first-order valence-electron chi connectivity index (χ1n) is 8.98. The van der Waals surface area contributed by atoms with Gasteiger partial charge in [-0.3, -0.25) is 4.79 Å². The molecule has 0 radical (unpaired) electrons. The number of aromatic amines is 1. The molecule has 1 unspecified atom stereocenters. The van der Waals surface area contributed by atoms with Crippen LogP contribution in [0.4, 0.5) is 0 Å². The number of nitriles is 1. The molecular formula is C23H23N3O. The molecule has 1 atom stereocenters. The summed E-state index contributed by atoms with van der Waals surface area (Å²) in [5.41, 5.74) is 6.30. The monoisotopic (exact) mass is 357 g/mol. The molecule has 1 aromatic heterocycles. The summed E-state index contributed by atoms with van der Waals surface area (Å²) in [6.07, 6.45) is 1.66. The van der Waals surface area contributed by atoms with Crippen molar-refractivity contribution in [3.05, 3.63) is 76.0 Å². The van der Waals surface area contributed by atoms with E-state index in [0.717, 1.165) is 27.7 Å². The smallest absolute Gasteiger partial charge is 0.262 e. The molecule has 1 amide bonds.